The summed E-state index contributed by atoms with van der Waals surface area (Å²) in [5.41, 5.74) is 3.17. The monoisotopic (exact) mass is 501 g/mol. The Labute approximate surface area is 203 Å². The molecule has 1 N–H and O–H groups in total. The van der Waals surface area contributed by atoms with Crippen LogP contribution in [0.1, 0.15) is 12.1 Å². The molecule has 1 aliphatic rings. The molecule has 4 aromatic rings. The summed E-state index contributed by atoms with van der Waals surface area (Å²) < 4.78 is 20.5. The van der Waals surface area contributed by atoms with Gasteiger partial charge in [-0.05, 0) is 25.0 Å². The van der Waals surface area contributed by atoms with Crippen molar-refractivity contribution >= 4 is 51.4 Å². The maximum atomic E-state index is 14.0. The SMILES string of the molecule is COc1cc(F)c([N+](=O)[O-])cc1Nc1nccc(-c2c3n(c4ccccc24)CC(Cl)(Cl)CC3)n1. The van der Waals surface area contributed by atoms with Crippen molar-refractivity contribution in [1.29, 1.82) is 0 Å². The predicted molar refractivity (Wildman–Crippen MR) is 129 cm³/mol. The zero-order valence-corrected chi connectivity index (χ0v) is 19.4. The van der Waals surface area contributed by atoms with Gasteiger partial charge in [0, 0.05) is 40.5 Å². The second-order valence-electron chi connectivity index (χ2n) is 7.93. The summed E-state index contributed by atoms with van der Waals surface area (Å²) in [7, 11) is 1.34. The van der Waals surface area contributed by atoms with Crippen molar-refractivity contribution in [3.63, 3.8) is 0 Å². The second kappa shape index (κ2) is 8.41. The highest BCUT2D eigenvalue weighted by Gasteiger charge is 2.33. The lowest BCUT2D eigenvalue weighted by Gasteiger charge is -2.28. The van der Waals surface area contributed by atoms with Crippen LogP contribution in [0.25, 0.3) is 22.2 Å². The van der Waals surface area contributed by atoms with Crippen molar-refractivity contribution in [3.05, 3.63) is 70.3 Å². The number of benzene rings is 2. The first-order valence-electron chi connectivity index (χ1n) is 10.4. The average Bonchev–Trinajstić information content (AvgIpc) is 3.12. The average molecular weight is 502 g/mol. The number of nitro groups is 1. The summed E-state index contributed by atoms with van der Waals surface area (Å²) in [4.78, 5) is 19.3. The Kier molecular flexibility index (Phi) is 5.53. The van der Waals surface area contributed by atoms with Crippen LogP contribution in [-0.2, 0) is 13.0 Å². The Hall–Kier alpha value is -3.43. The largest absolute Gasteiger partial charge is 0.494 e. The van der Waals surface area contributed by atoms with Crippen LogP contribution in [0.2, 0.25) is 0 Å². The van der Waals surface area contributed by atoms with Gasteiger partial charge in [0.25, 0.3) is 0 Å². The number of hydrogen-bond acceptors (Lipinski definition) is 6. The van der Waals surface area contributed by atoms with Gasteiger partial charge >= 0.3 is 5.69 Å². The van der Waals surface area contributed by atoms with Crippen LogP contribution in [0.15, 0.2) is 48.7 Å². The van der Waals surface area contributed by atoms with Crippen LogP contribution in [0.4, 0.5) is 21.7 Å². The third-order valence-electron chi connectivity index (χ3n) is 5.82. The van der Waals surface area contributed by atoms with Crippen molar-refractivity contribution in [1.82, 2.24) is 14.5 Å². The van der Waals surface area contributed by atoms with Gasteiger partial charge in [-0.3, -0.25) is 10.1 Å². The molecule has 2 aromatic heterocycles. The van der Waals surface area contributed by atoms with Gasteiger partial charge in [-0.2, -0.15) is 4.39 Å². The van der Waals surface area contributed by atoms with E-state index in [1.807, 2.05) is 24.3 Å². The molecule has 0 spiro atoms. The summed E-state index contributed by atoms with van der Waals surface area (Å²) in [5, 5.41) is 15.1. The lowest BCUT2D eigenvalue weighted by atomic mass is 10.0. The van der Waals surface area contributed by atoms with Gasteiger partial charge in [0.2, 0.25) is 11.8 Å². The number of nitrogens with one attached hydrogen (secondary N) is 1. The summed E-state index contributed by atoms with van der Waals surface area (Å²) in [5.74, 6) is -0.728. The van der Waals surface area contributed by atoms with Crippen molar-refractivity contribution in [2.45, 2.75) is 23.7 Å². The van der Waals surface area contributed by atoms with Crippen LogP contribution in [0, 0.1) is 15.9 Å². The summed E-state index contributed by atoms with van der Waals surface area (Å²) in [6, 6.07) is 11.7. The van der Waals surface area contributed by atoms with E-state index in [2.05, 4.69) is 19.9 Å². The maximum absolute atomic E-state index is 14.0. The quantitative estimate of drug-likeness (QED) is 0.204. The number of hydrogen-bond donors (Lipinski definition) is 1. The number of methoxy groups -OCH3 is 1. The Morgan fingerprint density at radius 2 is 2.06 bits per heavy atom. The molecule has 2 aromatic carbocycles. The summed E-state index contributed by atoms with van der Waals surface area (Å²) in [6.45, 7) is 0.457. The number of aromatic nitrogens is 3. The van der Waals surface area contributed by atoms with E-state index in [1.165, 1.54) is 7.11 Å². The first-order chi connectivity index (χ1) is 16.3. The fourth-order valence-electron chi connectivity index (χ4n) is 4.32. The minimum atomic E-state index is -0.997. The summed E-state index contributed by atoms with van der Waals surface area (Å²) in [6.07, 6.45) is 2.86. The molecule has 0 radical (unpaired) electrons. The standard InChI is InChI=1S/C23H18Cl2FN5O3/c1-34-20-10-14(26)19(31(32)33)11-16(20)29-22-27-9-7-15(28-22)21-13-4-2-3-5-17(13)30-12-23(24,25)8-6-18(21)30/h2-5,7,9-11H,6,8,12H2,1H3,(H,27,28,29). The molecule has 0 fully saturated rings. The molecular weight excluding hydrogens is 484 g/mol. The molecule has 0 amide bonds. The number of ether oxygens (including phenoxy) is 1. The minimum absolute atomic E-state index is 0.0874. The topological polar surface area (TPSA) is 95.1 Å². The van der Waals surface area contributed by atoms with Gasteiger partial charge in [-0.1, -0.05) is 41.4 Å². The van der Waals surface area contributed by atoms with Crippen molar-refractivity contribution < 1.29 is 14.1 Å². The van der Waals surface area contributed by atoms with E-state index in [9.17, 15) is 14.5 Å². The van der Waals surface area contributed by atoms with Crippen LogP contribution in [-0.4, -0.2) is 30.9 Å². The predicted octanol–water partition coefficient (Wildman–Crippen LogP) is 6.02. The molecule has 174 valence electrons. The van der Waals surface area contributed by atoms with Gasteiger partial charge in [0.05, 0.1) is 30.0 Å². The normalized spacial score (nSPS) is 14.6. The lowest BCUT2D eigenvalue weighted by molar-refractivity contribution is -0.387. The zero-order chi connectivity index (χ0) is 24.0. The second-order valence-corrected chi connectivity index (χ2v) is 9.57. The number of anilines is 2. The molecule has 34 heavy (non-hydrogen) atoms. The van der Waals surface area contributed by atoms with E-state index in [0.717, 1.165) is 34.3 Å². The van der Waals surface area contributed by atoms with Crippen LogP contribution in [0.5, 0.6) is 5.75 Å². The smallest absolute Gasteiger partial charge is 0.307 e. The van der Waals surface area contributed by atoms with E-state index in [1.54, 1.807) is 12.3 Å². The fourth-order valence-corrected chi connectivity index (χ4v) is 4.75. The van der Waals surface area contributed by atoms with Gasteiger partial charge in [-0.15, -0.1) is 0 Å². The Morgan fingerprint density at radius 3 is 2.82 bits per heavy atom. The Morgan fingerprint density at radius 1 is 1.26 bits per heavy atom. The van der Waals surface area contributed by atoms with Crippen molar-refractivity contribution in [2.75, 3.05) is 12.4 Å². The molecule has 0 saturated carbocycles. The molecule has 0 unspecified atom stereocenters. The minimum Gasteiger partial charge on any atom is -0.494 e. The molecule has 0 saturated heterocycles. The van der Waals surface area contributed by atoms with Crippen molar-refractivity contribution in [3.8, 4) is 17.0 Å². The Balaban J connectivity index is 1.60. The third-order valence-corrected chi connectivity index (χ3v) is 6.44. The number of fused-ring (bicyclic) bond motifs is 3. The number of rotatable bonds is 5. The van der Waals surface area contributed by atoms with Crippen LogP contribution >= 0.6 is 23.2 Å². The van der Waals surface area contributed by atoms with Crippen LogP contribution < -0.4 is 10.1 Å². The van der Waals surface area contributed by atoms with Crippen molar-refractivity contribution in [2.24, 2.45) is 0 Å². The Bertz CT molecular complexity index is 1440. The molecule has 5 rings (SSSR count). The summed E-state index contributed by atoms with van der Waals surface area (Å²) >= 11 is 12.9. The highest BCUT2D eigenvalue weighted by atomic mass is 35.5. The first-order valence-corrected chi connectivity index (χ1v) is 11.1. The molecule has 0 atom stereocenters. The third kappa shape index (κ3) is 3.91. The molecule has 1 aliphatic heterocycles. The van der Waals surface area contributed by atoms with E-state index in [4.69, 9.17) is 27.9 Å². The molecule has 3 heterocycles. The van der Waals surface area contributed by atoms with E-state index in [0.29, 0.717) is 25.1 Å². The number of para-hydroxylation sites is 1. The number of alkyl halides is 2. The fraction of sp³-hybridized carbons (Fsp3) is 0.217. The lowest BCUT2D eigenvalue weighted by Crippen LogP contribution is -2.28. The van der Waals surface area contributed by atoms with E-state index in [-0.39, 0.29) is 17.4 Å². The van der Waals surface area contributed by atoms with Gasteiger partial charge in [-0.25, -0.2) is 9.97 Å². The molecule has 8 nitrogen and oxygen atoms in total. The van der Waals surface area contributed by atoms with E-state index >= 15 is 0 Å². The van der Waals surface area contributed by atoms with Gasteiger partial charge in [0.15, 0.2) is 0 Å². The zero-order valence-electron chi connectivity index (χ0n) is 17.9. The van der Waals surface area contributed by atoms with E-state index < -0.39 is 20.8 Å². The highest BCUT2D eigenvalue weighted by molar-refractivity contribution is 6.48. The van der Waals surface area contributed by atoms with Crippen LogP contribution in [0.3, 0.4) is 0 Å². The molecular formula is C23H18Cl2FN5O3. The number of halogens is 3. The highest BCUT2D eigenvalue weighted by Crippen LogP contribution is 2.42. The van der Waals surface area contributed by atoms with Gasteiger partial charge in [0.1, 0.15) is 10.1 Å². The molecule has 11 heteroatoms. The molecule has 0 aliphatic carbocycles. The number of nitrogens with zero attached hydrogens (tertiary/aromatic N) is 4. The molecule has 0 bridgehead atoms. The first kappa shape index (κ1) is 22.4. The van der Waals surface area contributed by atoms with Gasteiger partial charge < -0.3 is 14.6 Å². The number of nitro benzene ring substituents is 1. The maximum Gasteiger partial charge on any atom is 0.307 e.